The van der Waals surface area contributed by atoms with Gasteiger partial charge in [-0.2, -0.15) is 0 Å². The van der Waals surface area contributed by atoms with Gasteiger partial charge in [-0.15, -0.1) is 0 Å². The molecular formula is C36H41N3O9. The highest BCUT2D eigenvalue weighted by Gasteiger charge is 2.22. The molecule has 1 aliphatic rings. The molecule has 0 bridgehead atoms. The van der Waals surface area contributed by atoms with Crippen molar-refractivity contribution in [3.05, 3.63) is 89.8 Å². The smallest absolute Gasteiger partial charge is 0.328 e. The molecule has 1 fully saturated rings. The molecule has 1 aromatic heterocycles. The van der Waals surface area contributed by atoms with Gasteiger partial charge in [0.05, 0.1) is 46.9 Å². The first-order valence-corrected chi connectivity index (χ1v) is 15.2. The van der Waals surface area contributed by atoms with Crippen LogP contribution in [0.1, 0.15) is 16.8 Å². The van der Waals surface area contributed by atoms with Crippen LogP contribution in [0, 0.1) is 0 Å². The Balaban J connectivity index is 0.000000579. The van der Waals surface area contributed by atoms with Crippen LogP contribution in [-0.4, -0.2) is 93.8 Å². The lowest BCUT2D eigenvalue weighted by molar-refractivity contribution is -0.134. The van der Waals surface area contributed by atoms with E-state index in [1.807, 2.05) is 42.6 Å². The van der Waals surface area contributed by atoms with Crippen molar-refractivity contribution in [3.63, 3.8) is 0 Å². The number of aromatic nitrogens is 1. The summed E-state index contributed by atoms with van der Waals surface area (Å²) in [4.78, 5) is 28.9. The third-order valence-electron chi connectivity index (χ3n) is 7.94. The van der Waals surface area contributed by atoms with E-state index in [0.29, 0.717) is 41.6 Å². The van der Waals surface area contributed by atoms with E-state index in [1.54, 1.807) is 35.5 Å². The van der Waals surface area contributed by atoms with Crippen LogP contribution in [0.3, 0.4) is 0 Å². The van der Waals surface area contributed by atoms with Gasteiger partial charge in [-0.25, -0.2) is 9.59 Å². The number of aliphatic carboxylic acids is 2. The Labute approximate surface area is 279 Å². The van der Waals surface area contributed by atoms with Crippen LogP contribution in [0.2, 0.25) is 0 Å². The van der Waals surface area contributed by atoms with E-state index < -0.39 is 11.9 Å². The van der Waals surface area contributed by atoms with Crippen molar-refractivity contribution in [2.75, 3.05) is 66.6 Å². The summed E-state index contributed by atoms with van der Waals surface area (Å²) in [5.41, 5.74) is 4.36. The molecule has 0 aliphatic carbocycles. The standard InChI is InChI=1S/C32H37N3O5.C4H4O4/c1-36-28-9-7-6-8-27(28)35-14-12-34(13-15-35)21-23-20-33-26(16-22-10-11-29(37-2)30(17-22)38-3)25-19-32(40-5)31(39-4)18-24(23)25;5-3(6)1-2-4(7)8/h6-11,17-20H,12-16,21H2,1-5H3;1-2H,(H,5,6)(H,7,8)/b;2-1-. The van der Waals surface area contributed by atoms with Crippen LogP contribution in [-0.2, 0) is 22.6 Å². The van der Waals surface area contributed by atoms with Crippen molar-refractivity contribution in [2.45, 2.75) is 13.0 Å². The van der Waals surface area contributed by atoms with Gasteiger partial charge in [0, 0.05) is 62.9 Å². The molecule has 0 saturated carbocycles. The fraction of sp³-hybridized carbons (Fsp3) is 0.306. The molecule has 0 spiro atoms. The number of pyridine rings is 1. The second-order valence-corrected chi connectivity index (χ2v) is 10.8. The molecule has 0 unspecified atom stereocenters. The number of benzene rings is 3. The Hall–Kier alpha value is -5.49. The van der Waals surface area contributed by atoms with Gasteiger partial charge in [0.2, 0.25) is 0 Å². The van der Waals surface area contributed by atoms with Crippen LogP contribution < -0.4 is 28.6 Å². The van der Waals surface area contributed by atoms with E-state index in [-0.39, 0.29) is 0 Å². The van der Waals surface area contributed by atoms with E-state index >= 15 is 0 Å². The van der Waals surface area contributed by atoms with Crippen molar-refractivity contribution < 1.29 is 43.5 Å². The highest BCUT2D eigenvalue weighted by molar-refractivity contribution is 5.91. The quantitative estimate of drug-likeness (QED) is 0.200. The average Bonchev–Trinajstić information content (AvgIpc) is 3.11. The molecule has 0 atom stereocenters. The average molecular weight is 660 g/mol. The van der Waals surface area contributed by atoms with E-state index in [2.05, 4.69) is 28.0 Å². The topological polar surface area (TPSA) is 140 Å². The number of fused-ring (bicyclic) bond motifs is 1. The molecule has 4 aromatic rings. The van der Waals surface area contributed by atoms with Crippen molar-refractivity contribution >= 4 is 28.4 Å². The molecular weight excluding hydrogens is 618 g/mol. The molecule has 0 amide bonds. The Kier molecular flexibility index (Phi) is 12.4. The molecule has 48 heavy (non-hydrogen) atoms. The molecule has 12 heteroatoms. The number of carbonyl (C=O) groups is 2. The summed E-state index contributed by atoms with van der Waals surface area (Å²) in [6.45, 7) is 4.55. The molecule has 2 N–H and O–H groups in total. The minimum absolute atomic E-state index is 0.558. The number of hydrogen-bond acceptors (Lipinski definition) is 10. The summed E-state index contributed by atoms with van der Waals surface area (Å²) in [7, 11) is 8.36. The minimum Gasteiger partial charge on any atom is -0.495 e. The lowest BCUT2D eigenvalue weighted by atomic mass is 9.99. The summed E-state index contributed by atoms with van der Waals surface area (Å²) >= 11 is 0. The molecule has 5 rings (SSSR count). The van der Waals surface area contributed by atoms with E-state index in [0.717, 1.165) is 71.8 Å². The second kappa shape index (κ2) is 16.9. The number of anilines is 1. The normalized spacial score (nSPS) is 13.1. The van der Waals surface area contributed by atoms with Gasteiger partial charge in [0.15, 0.2) is 23.0 Å². The van der Waals surface area contributed by atoms with Gasteiger partial charge < -0.3 is 38.8 Å². The van der Waals surface area contributed by atoms with Crippen LogP contribution in [0.15, 0.2) is 72.9 Å². The van der Waals surface area contributed by atoms with Crippen molar-refractivity contribution in [2.24, 2.45) is 0 Å². The van der Waals surface area contributed by atoms with E-state index in [1.165, 1.54) is 0 Å². The van der Waals surface area contributed by atoms with Crippen LogP contribution in [0.5, 0.6) is 28.7 Å². The van der Waals surface area contributed by atoms with Crippen molar-refractivity contribution in [1.29, 1.82) is 0 Å². The fourth-order valence-electron chi connectivity index (χ4n) is 5.55. The Morgan fingerprint density at radius 1 is 0.708 bits per heavy atom. The first-order chi connectivity index (χ1) is 23.2. The van der Waals surface area contributed by atoms with Crippen LogP contribution in [0.4, 0.5) is 5.69 Å². The Bertz CT molecular complexity index is 1730. The van der Waals surface area contributed by atoms with Crippen molar-refractivity contribution in [1.82, 2.24) is 9.88 Å². The van der Waals surface area contributed by atoms with E-state index in [9.17, 15) is 9.59 Å². The second-order valence-electron chi connectivity index (χ2n) is 10.8. The molecule has 1 saturated heterocycles. The lowest BCUT2D eigenvalue weighted by Crippen LogP contribution is -2.46. The number of methoxy groups -OCH3 is 5. The first-order valence-electron chi connectivity index (χ1n) is 15.2. The fourth-order valence-corrected chi connectivity index (χ4v) is 5.55. The highest BCUT2D eigenvalue weighted by atomic mass is 16.5. The molecule has 0 radical (unpaired) electrons. The van der Waals surface area contributed by atoms with Gasteiger partial charge in [0.25, 0.3) is 0 Å². The van der Waals surface area contributed by atoms with Gasteiger partial charge in [-0.1, -0.05) is 18.2 Å². The lowest BCUT2D eigenvalue weighted by Gasteiger charge is -2.36. The molecule has 2 heterocycles. The van der Waals surface area contributed by atoms with E-state index in [4.69, 9.17) is 38.9 Å². The van der Waals surface area contributed by atoms with Crippen LogP contribution in [0.25, 0.3) is 10.8 Å². The Morgan fingerprint density at radius 2 is 1.27 bits per heavy atom. The predicted octanol–water partition coefficient (Wildman–Crippen LogP) is 4.90. The van der Waals surface area contributed by atoms with Gasteiger partial charge >= 0.3 is 11.9 Å². The van der Waals surface area contributed by atoms with Gasteiger partial charge in [-0.3, -0.25) is 9.88 Å². The number of para-hydroxylation sites is 2. The molecule has 1 aliphatic heterocycles. The number of hydrogen-bond donors (Lipinski definition) is 2. The molecule has 254 valence electrons. The summed E-state index contributed by atoms with van der Waals surface area (Å²) in [5.74, 6) is 1.20. The number of piperazine rings is 1. The first kappa shape index (κ1) is 35.4. The number of nitrogens with zero attached hydrogens (tertiary/aromatic N) is 3. The zero-order valence-corrected chi connectivity index (χ0v) is 27.8. The summed E-state index contributed by atoms with van der Waals surface area (Å²) in [6.07, 6.45) is 3.77. The summed E-state index contributed by atoms with van der Waals surface area (Å²) in [6, 6.07) is 18.3. The number of carboxylic acid groups (broad SMARTS) is 2. The highest BCUT2D eigenvalue weighted by Crippen LogP contribution is 2.37. The monoisotopic (exact) mass is 659 g/mol. The maximum atomic E-state index is 9.55. The maximum Gasteiger partial charge on any atom is 0.328 e. The number of rotatable bonds is 12. The maximum absolute atomic E-state index is 9.55. The Morgan fingerprint density at radius 3 is 1.85 bits per heavy atom. The predicted molar refractivity (Wildman–Crippen MR) is 182 cm³/mol. The molecule has 3 aromatic carbocycles. The zero-order chi connectivity index (χ0) is 34.6. The zero-order valence-electron chi connectivity index (χ0n) is 27.8. The van der Waals surface area contributed by atoms with Gasteiger partial charge in [0.1, 0.15) is 5.75 Å². The summed E-state index contributed by atoms with van der Waals surface area (Å²) in [5, 5.41) is 17.8. The van der Waals surface area contributed by atoms with Crippen molar-refractivity contribution in [3.8, 4) is 28.7 Å². The largest absolute Gasteiger partial charge is 0.495 e. The van der Waals surface area contributed by atoms with Gasteiger partial charge in [-0.05, 0) is 52.9 Å². The SMILES string of the molecule is COc1ccc(Cc2ncc(CN3CCN(c4ccccc4OC)CC3)c3cc(OC)c(OC)cc23)cc1OC.O=C(O)/C=C\C(=O)O. The number of ether oxygens (including phenoxy) is 5. The minimum atomic E-state index is -1.26. The molecule has 12 nitrogen and oxygen atoms in total. The third-order valence-corrected chi connectivity index (χ3v) is 7.94. The number of carboxylic acids is 2. The summed E-state index contributed by atoms with van der Waals surface area (Å²) < 4.78 is 27.9. The van der Waals surface area contributed by atoms with Crippen LogP contribution >= 0.6 is 0 Å². The third kappa shape index (κ3) is 8.85.